The molecule has 0 radical (unpaired) electrons. The Morgan fingerprint density at radius 2 is 1.95 bits per heavy atom. The second-order valence-corrected chi connectivity index (χ2v) is 4.56. The number of nitrogens with zero attached hydrogens (tertiary/aromatic N) is 1. The van der Waals surface area contributed by atoms with E-state index in [1.165, 1.54) is 10.6 Å². The Kier molecular flexibility index (Phi) is 4.32. The third kappa shape index (κ3) is 3.13. The zero-order chi connectivity index (χ0) is 14.5. The standard InChI is InChI=1S/C15H17N3O2/c1-18-10-12(7-8-14(18)19)17-15(20)13(9-16)11-5-3-2-4-6-11/h2-8,10,13H,9,16H2,1H3,(H,17,20). The molecule has 2 rings (SSSR count). The number of benzene rings is 1. The van der Waals surface area contributed by atoms with E-state index in [1.807, 2.05) is 30.3 Å². The number of nitrogens with one attached hydrogen (secondary N) is 1. The van der Waals surface area contributed by atoms with E-state index in [2.05, 4.69) is 5.32 Å². The van der Waals surface area contributed by atoms with Crippen molar-refractivity contribution in [1.29, 1.82) is 0 Å². The Morgan fingerprint density at radius 3 is 2.55 bits per heavy atom. The van der Waals surface area contributed by atoms with Crippen molar-refractivity contribution in [3.63, 3.8) is 0 Å². The molecule has 0 fully saturated rings. The number of amides is 1. The van der Waals surface area contributed by atoms with Crippen LogP contribution in [-0.2, 0) is 11.8 Å². The fourth-order valence-electron chi connectivity index (χ4n) is 1.98. The van der Waals surface area contributed by atoms with Gasteiger partial charge in [-0.15, -0.1) is 0 Å². The molecule has 0 saturated carbocycles. The van der Waals surface area contributed by atoms with Gasteiger partial charge in [0.25, 0.3) is 0 Å². The molecule has 1 aromatic heterocycles. The summed E-state index contributed by atoms with van der Waals surface area (Å²) < 4.78 is 1.41. The van der Waals surface area contributed by atoms with Crippen LogP contribution in [0.5, 0.6) is 0 Å². The van der Waals surface area contributed by atoms with Gasteiger partial charge in [0.1, 0.15) is 0 Å². The van der Waals surface area contributed by atoms with E-state index < -0.39 is 5.92 Å². The average molecular weight is 271 g/mol. The van der Waals surface area contributed by atoms with Gasteiger partial charge in [0.15, 0.2) is 0 Å². The molecule has 0 spiro atoms. The zero-order valence-electron chi connectivity index (χ0n) is 11.2. The molecule has 5 nitrogen and oxygen atoms in total. The summed E-state index contributed by atoms with van der Waals surface area (Å²) in [5.41, 5.74) is 7.02. The minimum absolute atomic E-state index is 0.124. The summed E-state index contributed by atoms with van der Waals surface area (Å²) in [6.07, 6.45) is 1.58. The monoisotopic (exact) mass is 271 g/mol. The first-order valence-electron chi connectivity index (χ1n) is 6.34. The molecule has 0 aliphatic heterocycles. The van der Waals surface area contributed by atoms with Gasteiger partial charge in [-0.05, 0) is 11.6 Å². The first-order valence-corrected chi connectivity index (χ1v) is 6.34. The molecule has 0 bridgehead atoms. The summed E-state index contributed by atoms with van der Waals surface area (Å²) in [6.45, 7) is 0.224. The Balaban J connectivity index is 2.17. The number of carbonyl (C=O) groups excluding carboxylic acids is 1. The van der Waals surface area contributed by atoms with Crippen LogP contribution in [0.4, 0.5) is 5.69 Å². The van der Waals surface area contributed by atoms with Gasteiger partial charge < -0.3 is 15.6 Å². The minimum Gasteiger partial charge on any atom is -0.329 e. The van der Waals surface area contributed by atoms with Crippen LogP contribution in [0.1, 0.15) is 11.5 Å². The fourth-order valence-corrected chi connectivity index (χ4v) is 1.98. The van der Waals surface area contributed by atoms with Gasteiger partial charge in [-0.2, -0.15) is 0 Å². The third-order valence-electron chi connectivity index (χ3n) is 3.11. The molecule has 2 aromatic rings. The molecule has 1 aromatic carbocycles. The maximum atomic E-state index is 12.3. The van der Waals surface area contributed by atoms with E-state index >= 15 is 0 Å². The number of pyridine rings is 1. The van der Waals surface area contributed by atoms with E-state index in [1.54, 1.807) is 19.3 Å². The van der Waals surface area contributed by atoms with E-state index in [-0.39, 0.29) is 18.0 Å². The molecular weight excluding hydrogens is 254 g/mol. The van der Waals surface area contributed by atoms with Crippen molar-refractivity contribution in [1.82, 2.24) is 4.57 Å². The van der Waals surface area contributed by atoms with Crippen molar-refractivity contribution in [3.8, 4) is 0 Å². The maximum absolute atomic E-state index is 12.3. The SMILES string of the molecule is Cn1cc(NC(=O)C(CN)c2ccccc2)ccc1=O. The quantitative estimate of drug-likeness (QED) is 0.873. The van der Waals surface area contributed by atoms with Crippen molar-refractivity contribution in [3.05, 3.63) is 64.6 Å². The van der Waals surface area contributed by atoms with Gasteiger partial charge in [-0.1, -0.05) is 30.3 Å². The minimum atomic E-state index is -0.409. The predicted molar refractivity (Wildman–Crippen MR) is 78.6 cm³/mol. The van der Waals surface area contributed by atoms with E-state index in [4.69, 9.17) is 5.73 Å². The van der Waals surface area contributed by atoms with Crippen molar-refractivity contribution >= 4 is 11.6 Å². The largest absolute Gasteiger partial charge is 0.329 e. The first kappa shape index (κ1) is 14.0. The maximum Gasteiger partial charge on any atom is 0.250 e. The van der Waals surface area contributed by atoms with Crippen LogP contribution in [0.3, 0.4) is 0 Å². The molecule has 1 heterocycles. The van der Waals surface area contributed by atoms with Gasteiger partial charge in [-0.3, -0.25) is 9.59 Å². The Bertz CT molecular complexity index is 650. The molecule has 104 valence electrons. The number of aromatic nitrogens is 1. The molecule has 1 unspecified atom stereocenters. The second-order valence-electron chi connectivity index (χ2n) is 4.56. The number of anilines is 1. The molecule has 0 saturated heterocycles. The predicted octanol–water partition coefficient (Wildman–Crippen LogP) is 1.07. The summed E-state index contributed by atoms with van der Waals surface area (Å²) >= 11 is 0. The number of aryl methyl sites for hydroxylation is 1. The van der Waals surface area contributed by atoms with E-state index in [0.717, 1.165) is 5.56 Å². The van der Waals surface area contributed by atoms with Gasteiger partial charge in [0, 0.05) is 25.9 Å². The Morgan fingerprint density at radius 1 is 1.25 bits per heavy atom. The topological polar surface area (TPSA) is 77.1 Å². The molecule has 3 N–H and O–H groups in total. The lowest BCUT2D eigenvalue weighted by Gasteiger charge is -2.15. The van der Waals surface area contributed by atoms with Crippen LogP contribution in [-0.4, -0.2) is 17.0 Å². The van der Waals surface area contributed by atoms with E-state index in [0.29, 0.717) is 5.69 Å². The zero-order valence-corrected chi connectivity index (χ0v) is 11.2. The molecule has 0 aliphatic rings. The highest BCUT2D eigenvalue weighted by atomic mass is 16.2. The lowest BCUT2D eigenvalue weighted by molar-refractivity contribution is -0.117. The molecule has 1 atom stereocenters. The van der Waals surface area contributed by atoms with Gasteiger partial charge in [0.05, 0.1) is 11.6 Å². The number of nitrogens with two attached hydrogens (primary N) is 1. The summed E-state index contributed by atoms with van der Waals surface area (Å²) in [4.78, 5) is 23.6. The van der Waals surface area contributed by atoms with Crippen molar-refractivity contribution in [2.75, 3.05) is 11.9 Å². The smallest absolute Gasteiger partial charge is 0.250 e. The molecule has 0 aliphatic carbocycles. The molecule has 5 heteroatoms. The van der Waals surface area contributed by atoms with Crippen LogP contribution in [0.25, 0.3) is 0 Å². The summed E-state index contributed by atoms with van der Waals surface area (Å²) in [5, 5.41) is 2.78. The normalized spacial score (nSPS) is 11.9. The molecule has 1 amide bonds. The second kappa shape index (κ2) is 6.16. The lowest BCUT2D eigenvalue weighted by atomic mass is 9.98. The Hall–Kier alpha value is -2.40. The summed E-state index contributed by atoms with van der Waals surface area (Å²) in [5.74, 6) is -0.592. The van der Waals surface area contributed by atoms with E-state index in [9.17, 15) is 9.59 Å². The van der Waals surface area contributed by atoms with Crippen molar-refractivity contribution in [2.45, 2.75) is 5.92 Å². The van der Waals surface area contributed by atoms with Crippen LogP contribution in [0.2, 0.25) is 0 Å². The van der Waals surface area contributed by atoms with Gasteiger partial charge >= 0.3 is 0 Å². The van der Waals surface area contributed by atoms with Crippen LogP contribution in [0, 0.1) is 0 Å². The van der Waals surface area contributed by atoms with Crippen LogP contribution < -0.4 is 16.6 Å². The molecular formula is C15H17N3O2. The number of hydrogen-bond acceptors (Lipinski definition) is 3. The highest BCUT2D eigenvalue weighted by molar-refractivity contribution is 5.95. The highest BCUT2D eigenvalue weighted by Gasteiger charge is 2.18. The first-order chi connectivity index (χ1) is 9.61. The summed E-state index contributed by atoms with van der Waals surface area (Å²) in [6, 6.07) is 12.4. The average Bonchev–Trinajstić information content (AvgIpc) is 2.45. The highest BCUT2D eigenvalue weighted by Crippen LogP contribution is 2.16. The van der Waals surface area contributed by atoms with Crippen LogP contribution >= 0.6 is 0 Å². The van der Waals surface area contributed by atoms with Gasteiger partial charge in [-0.25, -0.2) is 0 Å². The summed E-state index contributed by atoms with van der Waals surface area (Å²) in [7, 11) is 1.63. The molecule has 20 heavy (non-hydrogen) atoms. The van der Waals surface area contributed by atoms with Gasteiger partial charge in [0.2, 0.25) is 11.5 Å². The fraction of sp³-hybridized carbons (Fsp3) is 0.200. The Labute approximate surface area is 117 Å². The number of hydrogen-bond donors (Lipinski definition) is 2. The number of rotatable bonds is 4. The van der Waals surface area contributed by atoms with Crippen LogP contribution in [0.15, 0.2) is 53.5 Å². The van der Waals surface area contributed by atoms with Crippen molar-refractivity contribution < 1.29 is 4.79 Å². The third-order valence-corrected chi connectivity index (χ3v) is 3.11. The lowest BCUT2D eigenvalue weighted by Crippen LogP contribution is -2.28. The number of carbonyl (C=O) groups is 1. The van der Waals surface area contributed by atoms with Crippen molar-refractivity contribution in [2.24, 2.45) is 12.8 Å².